The Hall–Kier alpha value is -2.57. The van der Waals surface area contributed by atoms with Crippen LogP contribution in [-0.2, 0) is 15.9 Å². The van der Waals surface area contributed by atoms with Gasteiger partial charge in [0, 0.05) is 32.4 Å². The summed E-state index contributed by atoms with van der Waals surface area (Å²) in [5, 5.41) is 2.92. The van der Waals surface area contributed by atoms with E-state index < -0.39 is 0 Å². The topological polar surface area (TPSA) is 66.0 Å². The van der Waals surface area contributed by atoms with E-state index in [1.54, 1.807) is 39.5 Å². The number of para-hydroxylation sites is 1. The van der Waals surface area contributed by atoms with Gasteiger partial charge in [0.05, 0.1) is 19.8 Å². The maximum absolute atomic E-state index is 12.7. The highest BCUT2D eigenvalue weighted by Crippen LogP contribution is 2.26. The normalized spacial score (nSPS) is 10.6. The molecule has 1 N–H and O–H groups in total. The van der Waals surface area contributed by atoms with E-state index in [-0.39, 0.29) is 12.2 Å². The van der Waals surface area contributed by atoms with E-state index in [1.165, 1.54) is 7.11 Å². The summed E-state index contributed by atoms with van der Waals surface area (Å²) in [5.74, 6) is 0.802. The number of benzene rings is 2. The maximum atomic E-state index is 12.7. The van der Waals surface area contributed by atoms with Crippen molar-refractivity contribution in [2.24, 2.45) is 0 Å². The average Bonchev–Trinajstić information content (AvgIpc) is 2.66. The van der Waals surface area contributed by atoms with Crippen molar-refractivity contribution >= 4 is 11.6 Å². The van der Waals surface area contributed by atoms with Gasteiger partial charge >= 0.3 is 0 Å². The van der Waals surface area contributed by atoms with Crippen molar-refractivity contribution in [1.82, 2.24) is 0 Å². The van der Waals surface area contributed by atoms with Crippen LogP contribution in [0.2, 0.25) is 0 Å². The molecule has 0 bridgehead atoms. The van der Waals surface area contributed by atoms with Crippen molar-refractivity contribution in [3.63, 3.8) is 0 Å². The molecular formula is C19H23NO5. The molecule has 134 valence electrons. The van der Waals surface area contributed by atoms with E-state index in [0.29, 0.717) is 29.2 Å². The summed E-state index contributed by atoms with van der Waals surface area (Å²) < 4.78 is 20.9. The molecule has 0 atom stereocenters. The second-order valence-corrected chi connectivity index (χ2v) is 5.28. The van der Waals surface area contributed by atoms with E-state index >= 15 is 0 Å². The van der Waals surface area contributed by atoms with Crippen LogP contribution in [0.15, 0.2) is 42.5 Å². The number of methoxy groups -OCH3 is 4. The van der Waals surface area contributed by atoms with Gasteiger partial charge in [-0.2, -0.15) is 0 Å². The second-order valence-electron chi connectivity index (χ2n) is 5.28. The lowest BCUT2D eigenvalue weighted by Crippen LogP contribution is -2.19. The van der Waals surface area contributed by atoms with Crippen molar-refractivity contribution in [3.8, 4) is 11.5 Å². The largest absolute Gasteiger partial charge is 0.497 e. The molecule has 0 aromatic heterocycles. The molecule has 0 unspecified atom stereocenters. The predicted octanol–water partition coefficient (Wildman–Crippen LogP) is 3.12. The molecule has 2 rings (SSSR count). The van der Waals surface area contributed by atoms with Crippen LogP contribution in [0.1, 0.15) is 15.9 Å². The first-order chi connectivity index (χ1) is 12.1. The fourth-order valence-electron chi connectivity index (χ4n) is 2.44. The van der Waals surface area contributed by atoms with Gasteiger partial charge in [-0.05, 0) is 23.8 Å². The molecule has 2 aromatic rings. The van der Waals surface area contributed by atoms with E-state index in [4.69, 9.17) is 18.9 Å². The number of hydrogen-bond donors (Lipinski definition) is 1. The highest BCUT2D eigenvalue weighted by atomic mass is 16.7. The summed E-state index contributed by atoms with van der Waals surface area (Å²) in [5.41, 5.74) is 2.04. The number of carbonyl (C=O) groups excluding carboxylic acids is 1. The van der Waals surface area contributed by atoms with Gasteiger partial charge < -0.3 is 24.3 Å². The number of anilines is 1. The lowest BCUT2D eigenvalue weighted by atomic mass is 10.1. The van der Waals surface area contributed by atoms with Crippen molar-refractivity contribution in [3.05, 3.63) is 53.6 Å². The number of hydrogen-bond acceptors (Lipinski definition) is 5. The SMILES string of the molecule is COc1ccc(C(=O)Nc2ccccc2CC(OC)OC)c(OC)c1. The molecule has 25 heavy (non-hydrogen) atoms. The van der Waals surface area contributed by atoms with Crippen LogP contribution in [0.25, 0.3) is 0 Å². The Morgan fingerprint density at radius 2 is 1.72 bits per heavy atom. The summed E-state index contributed by atoms with van der Waals surface area (Å²) >= 11 is 0. The van der Waals surface area contributed by atoms with Crippen molar-refractivity contribution in [2.45, 2.75) is 12.7 Å². The quantitative estimate of drug-likeness (QED) is 0.745. The van der Waals surface area contributed by atoms with E-state index in [1.807, 2.05) is 24.3 Å². The highest BCUT2D eigenvalue weighted by Gasteiger charge is 2.16. The standard InChI is InChI=1S/C19H23NO5/c1-22-14-9-10-15(17(12-14)23-2)19(21)20-16-8-6-5-7-13(16)11-18(24-3)25-4/h5-10,12,18H,11H2,1-4H3,(H,20,21). The Balaban J connectivity index is 2.24. The average molecular weight is 345 g/mol. The number of carbonyl (C=O) groups is 1. The van der Waals surface area contributed by atoms with Gasteiger partial charge in [-0.25, -0.2) is 0 Å². The second kappa shape index (κ2) is 9.05. The van der Waals surface area contributed by atoms with Crippen LogP contribution in [0, 0.1) is 0 Å². The predicted molar refractivity (Wildman–Crippen MR) is 95.5 cm³/mol. The minimum absolute atomic E-state index is 0.265. The first-order valence-corrected chi connectivity index (χ1v) is 7.79. The van der Waals surface area contributed by atoms with Crippen molar-refractivity contribution in [2.75, 3.05) is 33.8 Å². The fourth-order valence-corrected chi connectivity index (χ4v) is 2.44. The summed E-state index contributed by atoms with van der Waals surface area (Å²) in [6.07, 6.45) is 0.136. The summed E-state index contributed by atoms with van der Waals surface area (Å²) in [7, 11) is 6.24. The zero-order valence-electron chi connectivity index (χ0n) is 14.9. The molecule has 0 aliphatic rings. The molecule has 0 radical (unpaired) electrons. The molecular weight excluding hydrogens is 322 g/mol. The molecule has 1 amide bonds. The summed E-state index contributed by atoms with van der Waals surface area (Å²) in [6.45, 7) is 0. The van der Waals surface area contributed by atoms with Gasteiger partial charge in [-0.3, -0.25) is 4.79 Å². The summed E-state index contributed by atoms with van der Waals surface area (Å²) in [6, 6.07) is 12.6. The third kappa shape index (κ3) is 4.71. The number of rotatable bonds is 8. The fraction of sp³-hybridized carbons (Fsp3) is 0.316. The molecule has 0 aliphatic carbocycles. The zero-order valence-corrected chi connectivity index (χ0v) is 14.9. The smallest absolute Gasteiger partial charge is 0.259 e. The number of amides is 1. The van der Waals surface area contributed by atoms with Gasteiger partial charge in [0.15, 0.2) is 6.29 Å². The van der Waals surface area contributed by atoms with Gasteiger partial charge in [0.25, 0.3) is 5.91 Å². The highest BCUT2D eigenvalue weighted by molar-refractivity contribution is 6.06. The van der Waals surface area contributed by atoms with Gasteiger partial charge in [0.1, 0.15) is 11.5 Å². The van der Waals surface area contributed by atoms with E-state index in [2.05, 4.69) is 5.32 Å². The number of ether oxygens (including phenoxy) is 4. The van der Waals surface area contributed by atoms with Gasteiger partial charge in [0.2, 0.25) is 0 Å². The molecule has 0 fully saturated rings. The molecule has 0 heterocycles. The van der Waals surface area contributed by atoms with Crippen molar-refractivity contribution in [1.29, 1.82) is 0 Å². The maximum Gasteiger partial charge on any atom is 0.259 e. The Morgan fingerprint density at radius 3 is 2.36 bits per heavy atom. The Morgan fingerprint density at radius 1 is 1.00 bits per heavy atom. The summed E-state index contributed by atoms with van der Waals surface area (Å²) in [4.78, 5) is 12.7. The van der Waals surface area contributed by atoms with Gasteiger partial charge in [-0.1, -0.05) is 18.2 Å². The lowest BCUT2D eigenvalue weighted by Gasteiger charge is -2.17. The van der Waals surface area contributed by atoms with Crippen LogP contribution in [-0.4, -0.2) is 40.6 Å². The van der Waals surface area contributed by atoms with Crippen LogP contribution in [0.5, 0.6) is 11.5 Å². The molecule has 2 aromatic carbocycles. The molecule has 6 nitrogen and oxygen atoms in total. The molecule has 0 saturated carbocycles. The first-order valence-electron chi connectivity index (χ1n) is 7.79. The zero-order chi connectivity index (χ0) is 18.2. The molecule has 0 spiro atoms. The monoisotopic (exact) mass is 345 g/mol. The number of nitrogens with one attached hydrogen (secondary N) is 1. The van der Waals surface area contributed by atoms with Crippen LogP contribution < -0.4 is 14.8 Å². The third-order valence-corrected chi connectivity index (χ3v) is 3.83. The molecule has 0 saturated heterocycles. The molecule has 0 aliphatic heterocycles. The third-order valence-electron chi connectivity index (χ3n) is 3.83. The van der Waals surface area contributed by atoms with E-state index in [0.717, 1.165) is 5.56 Å². The van der Waals surface area contributed by atoms with Crippen LogP contribution >= 0.6 is 0 Å². The van der Waals surface area contributed by atoms with Crippen LogP contribution in [0.4, 0.5) is 5.69 Å². The van der Waals surface area contributed by atoms with Crippen LogP contribution in [0.3, 0.4) is 0 Å². The van der Waals surface area contributed by atoms with E-state index in [9.17, 15) is 4.79 Å². The first kappa shape index (κ1) is 18.8. The minimum atomic E-state index is -0.381. The Labute approximate surface area is 147 Å². The lowest BCUT2D eigenvalue weighted by molar-refractivity contribution is -0.100. The Bertz CT molecular complexity index is 713. The van der Waals surface area contributed by atoms with Gasteiger partial charge in [-0.15, -0.1) is 0 Å². The molecule has 6 heteroatoms. The Kier molecular flexibility index (Phi) is 6.80. The van der Waals surface area contributed by atoms with Crippen molar-refractivity contribution < 1.29 is 23.7 Å². The minimum Gasteiger partial charge on any atom is -0.497 e.